The minimum atomic E-state index is 0.126. The molecular weight excluding hydrogens is 354 g/mol. The van der Waals surface area contributed by atoms with Gasteiger partial charge in [-0.2, -0.15) is 0 Å². The molecule has 2 aromatic heterocycles. The van der Waals surface area contributed by atoms with E-state index in [1.165, 1.54) is 27.7 Å². The van der Waals surface area contributed by atoms with Gasteiger partial charge in [-0.3, -0.25) is 4.90 Å². The second kappa shape index (κ2) is 6.83. The lowest BCUT2D eigenvalue weighted by Crippen LogP contribution is -2.35. The highest BCUT2D eigenvalue weighted by Gasteiger charge is 2.33. The van der Waals surface area contributed by atoms with Crippen molar-refractivity contribution in [2.75, 3.05) is 13.7 Å². The number of methoxy groups -OCH3 is 1. The first-order valence-electron chi connectivity index (χ1n) is 9.20. The molecule has 0 spiro atoms. The predicted octanol–water partition coefficient (Wildman–Crippen LogP) is 4.78. The van der Waals surface area contributed by atoms with E-state index in [1.54, 1.807) is 18.4 Å². The molecule has 0 amide bonds. The Morgan fingerprint density at radius 1 is 1.19 bits per heavy atom. The molecule has 136 valence electrons. The summed E-state index contributed by atoms with van der Waals surface area (Å²) in [6, 6.07) is 17.1. The summed E-state index contributed by atoms with van der Waals surface area (Å²) in [4.78, 5) is 10.7. The second-order valence-electron chi connectivity index (χ2n) is 6.85. The Hall–Kier alpha value is -2.63. The van der Waals surface area contributed by atoms with E-state index in [0.717, 1.165) is 30.3 Å². The molecule has 5 rings (SSSR count). The first-order chi connectivity index (χ1) is 13.3. The first kappa shape index (κ1) is 16.5. The van der Waals surface area contributed by atoms with Gasteiger partial charge in [0.1, 0.15) is 10.8 Å². The van der Waals surface area contributed by atoms with Gasteiger partial charge < -0.3 is 9.72 Å². The van der Waals surface area contributed by atoms with E-state index in [0.29, 0.717) is 0 Å². The maximum absolute atomic E-state index is 5.72. The molecule has 1 aliphatic heterocycles. The molecule has 3 heterocycles. The van der Waals surface area contributed by atoms with Crippen molar-refractivity contribution in [2.24, 2.45) is 0 Å². The average Bonchev–Trinajstić information content (AvgIpc) is 3.35. The number of fused-ring (bicyclic) bond motifs is 3. The number of aromatic nitrogens is 2. The van der Waals surface area contributed by atoms with Gasteiger partial charge in [0.25, 0.3) is 0 Å². The molecule has 2 aromatic carbocycles. The summed E-state index contributed by atoms with van der Waals surface area (Å²) in [7, 11) is 1.75. The summed E-state index contributed by atoms with van der Waals surface area (Å²) < 4.78 is 5.72. The van der Waals surface area contributed by atoms with Crippen molar-refractivity contribution in [3.8, 4) is 5.75 Å². The van der Waals surface area contributed by atoms with E-state index >= 15 is 0 Å². The van der Waals surface area contributed by atoms with E-state index in [-0.39, 0.29) is 6.04 Å². The highest BCUT2D eigenvalue weighted by atomic mass is 32.1. The van der Waals surface area contributed by atoms with Crippen molar-refractivity contribution in [1.82, 2.24) is 14.9 Å². The Morgan fingerprint density at radius 3 is 2.89 bits per heavy atom. The molecule has 27 heavy (non-hydrogen) atoms. The SMILES string of the molecule is COc1ccccc1[C@H]1c2[nH]c3ccccc3c2CCN1Cc1nccs1. The quantitative estimate of drug-likeness (QED) is 0.558. The van der Waals surface area contributed by atoms with Gasteiger partial charge in [-0.05, 0) is 24.1 Å². The fourth-order valence-corrected chi connectivity index (χ4v) is 4.85. The molecule has 0 saturated heterocycles. The van der Waals surface area contributed by atoms with E-state index in [2.05, 4.69) is 51.3 Å². The zero-order valence-electron chi connectivity index (χ0n) is 15.2. The van der Waals surface area contributed by atoms with Crippen LogP contribution in [-0.4, -0.2) is 28.5 Å². The summed E-state index contributed by atoms with van der Waals surface area (Å²) >= 11 is 1.72. The van der Waals surface area contributed by atoms with Gasteiger partial charge in [-0.1, -0.05) is 36.4 Å². The number of aromatic amines is 1. The standard InChI is InChI=1S/C22H21N3OS/c1-26-19-9-5-3-7-17(19)22-21-16(15-6-2-4-8-18(15)24-21)10-12-25(22)14-20-23-11-13-27-20/h2-9,11,13,22,24H,10,12,14H2,1H3/t22-/m0/s1. The predicted molar refractivity (Wildman–Crippen MR) is 109 cm³/mol. The van der Waals surface area contributed by atoms with Crippen molar-refractivity contribution in [3.63, 3.8) is 0 Å². The lowest BCUT2D eigenvalue weighted by molar-refractivity contribution is 0.198. The number of H-pyrrole nitrogens is 1. The Balaban J connectivity index is 1.67. The number of rotatable bonds is 4. The van der Waals surface area contributed by atoms with E-state index in [9.17, 15) is 0 Å². The summed E-state index contributed by atoms with van der Waals surface area (Å²) in [5, 5.41) is 4.53. The second-order valence-corrected chi connectivity index (χ2v) is 7.83. The smallest absolute Gasteiger partial charge is 0.124 e. The molecule has 1 N–H and O–H groups in total. The average molecular weight is 375 g/mol. The van der Waals surface area contributed by atoms with E-state index in [4.69, 9.17) is 4.74 Å². The molecule has 0 unspecified atom stereocenters. The number of para-hydroxylation sites is 2. The Morgan fingerprint density at radius 2 is 2.04 bits per heavy atom. The number of thiazole rings is 1. The molecule has 4 nitrogen and oxygen atoms in total. The first-order valence-corrected chi connectivity index (χ1v) is 10.1. The number of hydrogen-bond donors (Lipinski definition) is 1. The largest absolute Gasteiger partial charge is 0.496 e. The molecule has 4 aromatic rings. The van der Waals surface area contributed by atoms with Crippen LogP contribution in [0.25, 0.3) is 10.9 Å². The molecule has 5 heteroatoms. The fourth-order valence-electron chi connectivity index (χ4n) is 4.21. The zero-order chi connectivity index (χ0) is 18.2. The van der Waals surface area contributed by atoms with Crippen LogP contribution in [0.4, 0.5) is 0 Å². The molecule has 0 saturated carbocycles. The summed E-state index contributed by atoms with van der Waals surface area (Å²) in [6.45, 7) is 1.84. The van der Waals surface area contributed by atoms with Crippen LogP contribution in [-0.2, 0) is 13.0 Å². The Kier molecular flexibility index (Phi) is 4.19. The highest BCUT2D eigenvalue weighted by molar-refractivity contribution is 7.09. The molecule has 1 aliphatic rings. The van der Waals surface area contributed by atoms with Crippen LogP contribution in [0.2, 0.25) is 0 Å². The third kappa shape index (κ3) is 2.83. The minimum absolute atomic E-state index is 0.126. The zero-order valence-corrected chi connectivity index (χ0v) is 16.0. The van der Waals surface area contributed by atoms with Crippen LogP contribution in [0.3, 0.4) is 0 Å². The molecule has 0 bridgehead atoms. The van der Waals surface area contributed by atoms with E-state index < -0.39 is 0 Å². The van der Waals surface area contributed by atoms with Crippen molar-refractivity contribution < 1.29 is 4.74 Å². The maximum Gasteiger partial charge on any atom is 0.124 e. The van der Waals surface area contributed by atoms with Crippen molar-refractivity contribution in [3.05, 3.63) is 81.9 Å². The van der Waals surface area contributed by atoms with Crippen LogP contribution in [0.5, 0.6) is 5.75 Å². The van der Waals surface area contributed by atoms with Crippen molar-refractivity contribution in [1.29, 1.82) is 0 Å². The van der Waals surface area contributed by atoms with Gasteiger partial charge in [0.05, 0.1) is 19.7 Å². The van der Waals surface area contributed by atoms with E-state index in [1.807, 2.05) is 23.7 Å². The number of nitrogens with zero attached hydrogens (tertiary/aromatic N) is 2. The summed E-state index contributed by atoms with van der Waals surface area (Å²) in [6.07, 6.45) is 2.92. The van der Waals surface area contributed by atoms with Gasteiger partial charge in [0, 0.05) is 40.3 Å². The molecular formula is C22H21N3OS. The number of nitrogens with one attached hydrogen (secondary N) is 1. The van der Waals surface area contributed by atoms with Gasteiger partial charge in [0.15, 0.2) is 0 Å². The van der Waals surface area contributed by atoms with Gasteiger partial charge in [-0.25, -0.2) is 4.98 Å². The fraction of sp³-hybridized carbons (Fsp3) is 0.227. The number of benzene rings is 2. The monoisotopic (exact) mass is 375 g/mol. The van der Waals surface area contributed by atoms with Crippen molar-refractivity contribution >= 4 is 22.2 Å². The highest BCUT2D eigenvalue weighted by Crippen LogP contribution is 2.41. The van der Waals surface area contributed by atoms with Gasteiger partial charge in [0.2, 0.25) is 0 Å². The summed E-state index contributed by atoms with van der Waals surface area (Å²) in [5.41, 5.74) is 5.11. The lowest BCUT2D eigenvalue weighted by Gasteiger charge is -2.36. The molecule has 1 atom stereocenters. The Bertz CT molecular complexity index is 1070. The summed E-state index contributed by atoms with van der Waals surface area (Å²) in [5.74, 6) is 0.929. The van der Waals surface area contributed by atoms with Gasteiger partial charge >= 0.3 is 0 Å². The molecule has 0 radical (unpaired) electrons. The third-order valence-electron chi connectivity index (χ3n) is 5.39. The topological polar surface area (TPSA) is 41.1 Å². The van der Waals surface area contributed by atoms with Crippen LogP contribution in [0.15, 0.2) is 60.1 Å². The number of ether oxygens (including phenoxy) is 1. The number of hydrogen-bond acceptors (Lipinski definition) is 4. The van der Waals surface area contributed by atoms with Crippen LogP contribution in [0, 0.1) is 0 Å². The molecule has 0 aliphatic carbocycles. The molecule has 0 fully saturated rings. The lowest BCUT2D eigenvalue weighted by atomic mass is 9.92. The third-order valence-corrected chi connectivity index (χ3v) is 6.15. The van der Waals surface area contributed by atoms with Gasteiger partial charge in [-0.15, -0.1) is 11.3 Å². The van der Waals surface area contributed by atoms with Crippen molar-refractivity contribution in [2.45, 2.75) is 19.0 Å². The Labute approximate surface area is 162 Å². The minimum Gasteiger partial charge on any atom is -0.496 e. The van der Waals surface area contributed by atoms with Crippen LogP contribution in [0.1, 0.15) is 27.9 Å². The van der Waals surface area contributed by atoms with Crippen LogP contribution < -0.4 is 4.74 Å². The van der Waals surface area contributed by atoms with Crippen LogP contribution >= 0.6 is 11.3 Å². The normalized spacial score (nSPS) is 17.1. The maximum atomic E-state index is 5.72.